The molecule has 2 aromatic rings. The Morgan fingerprint density at radius 3 is 2.12 bits per heavy atom. The van der Waals surface area contributed by atoms with Crippen molar-refractivity contribution in [1.82, 2.24) is 9.80 Å². The Balaban J connectivity index is 1.55. The van der Waals surface area contributed by atoms with Gasteiger partial charge in [-0.3, -0.25) is 9.59 Å². The third-order valence-electron chi connectivity index (χ3n) is 4.82. The van der Waals surface area contributed by atoms with Crippen LogP contribution >= 0.6 is 11.3 Å². The third kappa shape index (κ3) is 4.33. The number of benzene rings is 1. The van der Waals surface area contributed by atoms with Gasteiger partial charge in [0.1, 0.15) is 0 Å². The van der Waals surface area contributed by atoms with Crippen LogP contribution in [0.25, 0.3) is 0 Å². The Bertz CT molecular complexity index is 752. The minimum absolute atomic E-state index is 0.0517. The summed E-state index contributed by atoms with van der Waals surface area (Å²) < 4.78 is 0. The number of rotatable bonds is 3. The van der Waals surface area contributed by atoms with Crippen LogP contribution in [0.5, 0.6) is 0 Å². The fourth-order valence-electron chi connectivity index (χ4n) is 3.13. The summed E-state index contributed by atoms with van der Waals surface area (Å²) >= 11 is 1.61. The third-order valence-corrected chi connectivity index (χ3v) is 5.70. The molecule has 0 atom stereocenters. The zero-order valence-electron chi connectivity index (χ0n) is 15.7. The number of carbonyl (C=O) groups excluding carboxylic acids is 2. The van der Waals surface area contributed by atoms with Crippen LogP contribution in [-0.4, -0.2) is 47.8 Å². The SMILES string of the molecule is CC(C)(C)c1ccc(C(=O)N2CCN(C(=O)Cc3cccs3)CC2)cc1. The zero-order chi connectivity index (χ0) is 18.7. The van der Waals surface area contributed by atoms with E-state index in [-0.39, 0.29) is 17.2 Å². The van der Waals surface area contributed by atoms with E-state index in [1.54, 1.807) is 11.3 Å². The van der Waals surface area contributed by atoms with Crippen molar-refractivity contribution in [2.75, 3.05) is 26.2 Å². The molecule has 1 aromatic carbocycles. The molecule has 3 rings (SSSR count). The number of carbonyl (C=O) groups is 2. The Morgan fingerprint density at radius 1 is 0.962 bits per heavy atom. The van der Waals surface area contributed by atoms with E-state index in [1.165, 1.54) is 5.56 Å². The van der Waals surface area contributed by atoms with Crippen molar-refractivity contribution < 1.29 is 9.59 Å². The van der Waals surface area contributed by atoms with Crippen molar-refractivity contribution >= 4 is 23.2 Å². The molecule has 1 aliphatic rings. The highest BCUT2D eigenvalue weighted by Gasteiger charge is 2.25. The van der Waals surface area contributed by atoms with Crippen molar-refractivity contribution in [1.29, 1.82) is 0 Å². The molecule has 0 bridgehead atoms. The fraction of sp³-hybridized carbons (Fsp3) is 0.429. The van der Waals surface area contributed by atoms with Gasteiger partial charge in [0, 0.05) is 36.6 Å². The van der Waals surface area contributed by atoms with Crippen molar-refractivity contribution in [3.63, 3.8) is 0 Å². The molecule has 1 saturated heterocycles. The Labute approximate surface area is 159 Å². The number of hydrogen-bond donors (Lipinski definition) is 0. The number of amides is 2. The first kappa shape index (κ1) is 18.6. The molecule has 1 aliphatic heterocycles. The molecular weight excluding hydrogens is 344 g/mol. The molecule has 0 saturated carbocycles. The number of hydrogen-bond acceptors (Lipinski definition) is 3. The second-order valence-electron chi connectivity index (χ2n) is 7.76. The molecule has 4 nitrogen and oxygen atoms in total. The van der Waals surface area contributed by atoms with E-state index in [0.29, 0.717) is 32.6 Å². The van der Waals surface area contributed by atoms with Crippen molar-refractivity contribution in [3.05, 3.63) is 57.8 Å². The Kier molecular flexibility index (Phi) is 5.47. The van der Waals surface area contributed by atoms with E-state index in [1.807, 2.05) is 51.6 Å². The van der Waals surface area contributed by atoms with Gasteiger partial charge in [-0.05, 0) is 34.6 Å². The van der Waals surface area contributed by atoms with Gasteiger partial charge < -0.3 is 9.80 Å². The van der Waals surface area contributed by atoms with Crippen molar-refractivity contribution in [2.45, 2.75) is 32.6 Å². The van der Waals surface area contributed by atoms with Crippen LogP contribution in [-0.2, 0) is 16.6 Å². The average molecular weight is 371 g/mol. The normalized spacial score (nSPS) is 15.2. The van der Waals surface area contributed by atoms with Crippen LogP contribution in [0.4, 0.5) is 0 Å². The van der Waals surface area contributed by atoms with E-state index in [0.717, 1.165) is 10.4 Å². The summed E-state index contributed by atoms with van der Waals surface area (Å²) in [6, 6.07) is 11.9. The fourth-order valence-corrected chi connectivity index (χ4v) is 3.82. The molecule has 2 heterocycles. The van der Waals surface area contributed by atoms with Gasteiger partial charge in [0.05, 0.1) is 6.42 Å². The minimum atomic E-state index is 0.0517. The highest BCUT2D eigenvalue weighted by Crippen LogP contribution is 2.22. The van der Waals surface area contributed by atoms with Crippen molar-refractivity contribution in [3.8, 4) is 0 Å². The number of thiophene rings is 1. The van der Waals surface area contributed by atoms with Gasteiger partial charge in [0.2, 0.25) is 5.91 Å². The van der Waals surface area contributed by atoms with Gasteiger partial charge in [-0.2, -0.15) is 0 Å². The van der Waals surface area contributed by atoms with Crippen LogP contribution in [0.3, 0.4) is 0 Å². The maximum absolute atomic E-state index is 12.7. The van der Waals surface area contributed by atoms with Crippen molar-refractivity contribution in [2.24, 2.45) is 0 Å². The quantitative estimate of drug-likeness (QED) is 0.829. The lowest BCUT2D eigenvalue weighted by atomic mass is 9.86. The first-order valence-electron chi connectivity index (χ1n) is 9.04. The number of piperazine rings is 1. The van der Waals surface area contributed by atoms with Crippen LogP contribution < -0.4 is 0 Å². The van der Waals surface area contributed by atoms with Crippen LogP contribution in [0.2, 0.25) is 0 Å². The van der Waals surface area contributed by atoms with Crippen LogP contribution in [0.1, 0.15) is 41.6 Å². The molecule has 0 unspecified atom stereocenters. The largest absolute Gasteiger partial charge is 0.339 e. The predicted octanol–water partition coefficient (Wildman–Crippen LogP) is 3.57. The lowest BCUT2D eigenvalue weighted by molar-refractivity contribution is -0.131. The summed E-state index contributed by atoms with van der Waals surface area (Å²) in [6.07, 6.45) is 0.458. The molecule has 0 radical (unpaired) electrons. The Hall–Kier alpha value is -2.14. The smallest absolute Gasteiger partial charge is 0.253 e. The van der Waals surface area contributed by atoms with Gasteiger partial charge in [-0.15, -0.1) is 11.3 Å². The molecule has 2 amide bonds. The highest BCUT2D eigenvalue weighted by molar-refractivity contribution is 7.10. The summed E-state index contributed by atoms with van der Waals surface area (Å²) in [5.74, 6) is 0.199. The van der Waals surface area contributed by atoms with Gasteiger partial charge in [-0.1, -0.05) is 39.0 Å². The molecule has 0 N–H and O–H groups in total. The second-order valence-corrected chi connectivity index (χ2v) is 8.79. The van der Waals surface area contributed by atoms with E-state index in [2.05, 4.69) is 20.8 Å². The van der Waals surface area contributed by atoms with Gasteiger partial charge in [0.15, 0.2) is 0 Å². The minimum Gasteiger partial charge on any atom is -0.339 e. The van der Waals surface area contributed by atoms with E-state index in [9.17, 15) is 9.59 Å². The topological polar surface area (TPSA) is 40.6 Å². The zero-order valence-corrected chi connectivity index (χ0v) is 16.5. The standard InChI is InChI=1S/C21H26N2O2S/c1-21(2,3)17-8-6-16(7-9-17)20(25)23-12-10-22(11-13-23)19(24)15-18-5-4-14-26-18/h4-9,14H,10-13,15H2,1-3H3. The molecule has 26 heavy (non-hydrogen) atoms. The maximum atomic E-state index is 12.7. The lowest BCUT2D eigenvalue weighted by Crippen LogP contribution is -2.51. The van der Waals surface area contributed by atoms with E-state index < -0.39 is 0 Å². The summed E-state index contributed by atoms with van der Waals surface area (Å²) in [7, 11) is 0. The van der Waals surface area contributed by atoms with Gasteiger partial charge >= 0.3 is 0 Å². The summed E-state index contributed by atoms with van der Waals surface area (Å²) in [6.45, 7) is 8.89. The molecule has 0 spiro atoms. The second kappa shape index (κ2) is 7.62. The predicted molar refractivity (Wildman–Crippen MR) is 106 cm³/mol. The van der Waals surface area contributed by atoms with E-state index in [4.69, 9.17) is 0 Å². The summed E-state index contributed by atoms with van der Waals surface area (Å²) in [5, 5.41) is 1.99. The van der Waals surface area contributed by atoms with Crippen LogP contribution in [0, 0.1) is 0 Å². The monoisotopic (exact) mass is 370 g/mol. The maximum Gasteiger partial charge on any atom is 0.253 e. The summed E-state index contributed by atoms with van der Waals surface area (Å²) in [5.41, 5.74) is 2.02. The van der Waals surface area contributed by atoms with Gasteiger partial charge in [-0.25, -0.2) is 0 Å². The molecule has 138 valence electrons. The van der Waals surface area contributed by atoms with Gasteiger partial charge in [0.25, 0.3) is 5.91 Å². The highest BCUT2D eigenvalue weighted by atomic mass is 32.1. The lowest BCUT2D eigenvalue weighted by Gasteiger charge is -2.35. The Morgan fingerprint density at radius 2 is 1.58 bits per heavy atom. The molecule has 1 fully saturated rings. The number of nitrogens with zero attached hydrogens (tertiary/aromatic N) is 2. The van der Waals surface area contributed by atoms with E-state index >= 15 is 0 Å². The molecule has 1 aromatic heterocycles. The average Bonchev–Trinajstić information content (AvgIpc) is 3.13. The first-order valence-corrected chi connectivity index (χ1v) is 9.92. The first-order chi connectivity index (χ1) is 12.3. The van der Waals surface area contributed by atoms with Crippen LogP contribution in [0.15, 0.2) is 41.8 Å². The molecule has 0 aliphatic carbocycles. The molecular formula is C21H26N2O2S. The summed E-state index contributed by atoms with van der Waals surface area (Å²) in [4.78, 5) is 29.9. The molecule has 5 heteroatoms.